The molecule has 0 fully saturated rings. The Labute approximate surface area is 123 Å². The molecule has 0 aliphatic rings. The molecule has 2 nitrogen and oxygen atoms in total. The lowest BCUT2D eigenvalue weighted by Gasteiger charge is -2.06. The van der Waals surface area contributed by atoms with Crippen LogP contribution < -0.4 is 5.32 Å². The third-order valence-electron chi connectivity index (χ3n) is 2.23. The summed E-state index contributed by atoms with van der Waals surface area (Å²) in [5, 5.41) is 3.63. The van der Waals surface area contributed by atoms with Crippen molar-refractivity contribution in [1.82, 2.24) is 0 Å². The molecule has 0 unspecified atom stereocenters. The highest BCUT2D eigenvalue weighted by Crippen LogP contribution is 2.20. The van der Waals surface area contributed by atoms with E-state index in [0.717, 1.165) is 4.47 Å². The monoisotopic (exact) mass is 343 g/mol. The van der Waals surface area contributed by atoms with E-state index in [2.05, 4.69) is 21.2 Å². The number of rotatable bonds is 2. The Bertz CT molecular complexity index is 564. The maximum Gasteiger partial charge on any atom is 0.255 e. The van der Waals surface area contributed by atoms with Gasteiger partial charge in [-0.05, 0) is 42.5 Å². The summed E-state index contributed by atoms with van der Waals surface area (Å²) < 4.78 is 0.950. The largest absolute Gasteiger partial charge is 0.322 e. The van der Waals surface area contributed by atoms with E-state index in [1.807, 2.05) is 12.1 Å². The Morgan fingerprint density at radius 2 is 1.56 bits per heavy atom. The molecule has 92 valence electrons. The zero-order chi connectivity index (χ0) is 13.1. The number of amides is 1. The van der Waals surface area contributed by atoms with Crippen molar-refractivity contribution in [3.63, 3.8) is 0 Å². The molecule has 0 saturated carbocycles. The third-order valence-corrected chi connectivity index (χ3v) is 3.19. The predicted octanol–water partition coefficient (Wildman–Crippen LogP) is 5.01. The Kier molecular flexibility index (Phi) is 4.27. The fourth-order valence-electron chi connectivity index (χ4n) is 1.42. The molecule has 2 aromatic rings. The van der Waals surface area contributed by atoms with E-state index in [1.165, 1.54) is 0 Å². The smallest absolute Gasteiger partial charge is 0.255 e. The van der Waals surface area contributed by atoms with E-state index < -0.39 is 0 Å². The second-order valence-electron chi connectivity index (χ2n) is 3.62. The first-order chi connectivity index (χ1) is 8.54. The molecule has 0 atom stereocenters. The Hall–Kier alpha value is -1.03. The normalized spacial score (nSPS) is 10.2. The van der Waals surface area contributed by atoms with Gasteiger partial charge in [-0.1, -0.05) is 39.1 Å². The predicted molar refractivity (Wildman–Crippen MR) is 78.6 cm³/mol. The molecule has 0 aromatic heterocycles. The van der Waals surface area contributed by atoms with Crippen LogP contribution in [-0.2, 0) is 0 Å². The van der Waals surface area contributed by atoms with Crippen molar-refractivity contribution in [2.45, 2.75) is 0 Å². The van der Waals surface area contributed by atoms with Gasteiger partial charge < -0.3 is 5.32 Å². The van der Waals surface area contributed by atoms with Crippen LogP contribution in [0.2, 0.25) is 10.0 Å². The molecule has 2 aromatic carbocycles. The van der Waals surface area contributed by atoms with Crippen molar-refractivity contribution in [1.29, 1.82) is 0 Å². The number of anilines is 1. The van der Waals surface area contributed by atoms with Gasteiger partial charge in [-0.25, -0.2) is 0 Å². The molecule has 1 amide bonds. The first-order valence-corrected chi connectivity index (χ1v) is 6.62. The fraction of sp³-hybridized carbons (Fsp3) is 0. The maximum atomic E-state index is 12.0. The van der Waals surface area contributed by atoms with Crippen LogP contribution in [0.1, 0.15) is 10.4 Å². The molecule has 0 radical (unpaired) electrons. The van der Waals surface area contributed by atoms with Gasteiger partial charge in [0.15, 0.2) is 0 Å². The van der Waals surface area contributed by atoms with Gasteiger partial charge in [0.1, 0.15) is 0 Å². The van der Waals surface area contributed by atoms with Crippen LogP contribution in [0.25, 0.3) is 0 Å². The Morgan fingerprint density at radius 1 is 1.00 bits per heavy atom. The number of benzene rings is 2. The zero-order valence-corrected chi connectivity index (χ0v) is 12.2. The van der Waals surface area contributed by atoms with Crippen LogP contribution in [0.3, 0.4) is 0 Å². The number of hydrogen-bond acceptors (Lipinski definition) is 1. The van der Waals surface area contributed by atoms with E-state index in [0.29, 0.717) is 21.3 Å². The summed E-state index contributed by atoms with van der Waals surface area (Å²) in [4.78, 5) is 12.0. The second kappa shape index (κ2) is 5.74. The maximum absolute atomic E-state index is 12.0. The van der Waals surface area contributed by atoms with Crippen LogP contribution in [0.15, 0.2) is 46.9 Å². The number of nitrogens with one attached hydrogen (secondary N) is 1. The van der Waals surface area contributed by atoms with Crippen LogP contribution in [0, 0.1) is 0 Å². The number of hydrogen-bond donors (Lipinski definition) is 1. The van der Waals surface area contributed by atoms with E-state index in [4.69, 9.17) is 23.2 Å². The molecule has 0 bridgehead atoms. The van der Waals surface area contributed by atoms with Crippen LogP contribution in [0.5, 0.6) is 0 Å². The molecule has 18 heavy (non-hydrogen) atoms. The highest BCUT2D eigenvalue weighted by molar-refractivity contribution is 9.10. The number of carbonyl (C=O) groups is 1. The number of carbonyl (C=O) groups excluding carboxylic acids is 1. The van der Waals surface area contributed by atoms with Crippen molar-refractivity contribution in [3.05, 3.63) is 62.5 Å². The minimum Gasteiger partial charge on any atom is -0.322 e. The molecule has 0 spiro atoms. The summed E-state index contributed by atoms with van der Waals surface area (Å²) >= 11 is 15.0. The molecule has 5 heteroatoms. The minimum absolute atomic E-state index is 0.248. The first-order valence-electron chi connectivity index (χ1n) is 5.07. The molecular formula is C13H8BrCl2NO. The van der Waals surface area contributed by atoms with Gasteiger partial charge in [0.2, 0.25) is 0 Å². The summed E-state index contributed by atoms with van der Waals surface area (Å²) in [5.74, 6) is -0.248. The molecule has 2 rings (SSSR count). The molecule has 0 aliphatic heterocycles. The fourth-order valence-corrected chi connectivity index (χ4v) is 2.21. The SMILES string of the molecule is O=C(Nc1ccc(Br)cc1)c1cc(Cl)cc(Cl)c1. The summed E-state index contributed by atoms with van der Waals surface area (Å²) in [6.45, 7) is 0. The van der Waals surface area contributed by atoms with Gasteiger partial charge in [-0.3, -0.25) is 4.79 Å². The molecule has 0 heterocycles. The molecular weight excluding hydrogens is 337 g/mol. The van der Waals surface area contributed by atoms with Crippen molar-refractivity contribution >= 4 is 50.7 Å². The minimum atomic E-state index is -0.248. The summed E-state index contributed by atoms with van der Waals surface area (Å²) in [7, 11) is 0. The molecule has 0 saturated heterocycles. The van der Waals surface area contributed by atoms with Gasteiger partial charge in [-0.15, -0.1) is 0 Å². The van der Waals surface area contributed by atoms with Crippen LogP contribution >= 0.6 is 39.1 Å². The van der Waals surface area contributed by atoms with E-state index in [-0.39, 0.29) is 5.91 Å². The van der Waals surface area contributed by atoms with E-state index in [1.54, 1.807) is 30.3 Å². The second-order valence-corrected chi connectivity index (χ2v) is 5.41. The van der Waals surface area contributed by atoms with Gasteiger partial charge in [-0.2, -0.15) is 0 Å². The van der Waals surface area contributed by atoms with E-state index >= 15 is 0 Å². The average Bonchev–Trinajstić information content (AvgIpc) is 2.31. The Morgan fingerprint density at radius 3 is 2.11 bits per heavy atom. The summed E-state index contributed by atoms with van der Waals surface area (Å²) in [6, 6.07) is 12.0. The van der Waals surface area contributed by atoms with Crippen LogP contribution in [-0.4, -0.2) is 5.91 Å². The lowest BCUT2D eigenvalue weighted by atomic mass is 10.2. The highest BCUT2D eigenvalue weighted by atomic mass is 79.9. The Balaban J connectivity index is 2.19. The third kappa shape index (κ3) is 3.48. The zero-order valence-electron chi connectivity index (χ0n) is 9.08. The van der Waals surface area contributed by atoms with Gasteiger partial charge in [0.25, 0.3) is 5.91 Å². The topological polar surface area (TPSA) is 29.1 Å². The van der Waals surface area contributed by atoms with Crippen molar-refractivity contribution in [3.8, 4) is 0 Å². The molecule has 1 N–H and O–H groups in total. The lowest BCUT2D eigenvalue weighted by Crippen LogP contribution is -2.11. The van der Waals surface area contributed by atoms with Gasteiger partial charge >= 0.3 is 0 Å². The average molecular weight is 345 g/mol. The van der Waals surface area contributed by atoms with Crippen LogP contribution in [0.4, 0.5) is 5.69 Å². The standard InChI is InChI=1S/C13H8BrCl2NO/c14-9-1-3-12(4-2-9)17-13(18)8-5-10(15)7-11(16)6-8/h1-7H,(H,17,18). The van der Waals surface area contributed by atoms with Gasteiger partial charge in [0, 0.05) is 25.8 Å². The van der Waals surface area contributed by atoms with Gasteiger partial charge in [0.05, 0.1) is 0 Å². The molecule has 0 aliphatic carbocycles. The quantitative estimate of drug-likeness (QED) is 0.815. The number of halogens is 3. The first kappa shape index (κ1) is 13.4. The van der Waals surface area contributed by atoms with E-state index in [9.17, 15) is 4.79 Å². The van der Waals surface area contributed by atoms with Crippen molar-refractivity contribution in [2.75, 3.05) is 5.32 Å². The highest BCUT2D eigenvalue weighted by Gasteiger charge is 2.08. The van der Waals surface area contributed by atoms with Crippen molar-refractivity contribution in [2.24, 2.45) is 0 Å². The van der Waals surface area contributed by atoms with Crippen molar-refractivity contribution < 1.29 is 4.79 Å². The lowest BCUT2D eigenvalue weighted by molar-refractivity contribution is 0.102. The summed E-state index contributed by atoms with van der Waals surface area (Å²) in [6.07, 6.45) is 0. The summed E-state index contributed by atoms with van der Waals surface area (Å²) in [5.41, 5.74) is 1.13.